The van der Waals surface area contributed by atoms with E-state index in [-0.39, 0.29) is 17.8 Å². The van der Waals surface area contributed by atoms with E-state index in [0.717, 1.165) is 5.56 Å². The first kappa shape index (κ1) is 11.3. The number of benzene rings is 1. The first-order chi connectivity index (χ1) is 8.06. The van der Waals surface area contributed by atoms with Crippen LogP contribution in [0.3, 0.4) is 0 Å². The SMILES string of the molecule is C[C@H]1C/C(=C/c2ccc([N+](=O)[O-])cc2)C(=O)O1. The molecule has 5 nitrogen and oxygen atoms in total. The zero-order chi connectivity index (χ0) is 12.4. The zero-order valence-corrected chi connectivity index (χ0v) is 9.25. The third kappa shape index (κ3) is 2.50. The molecule has 0 radical (unpaired) electrons. The Morgan fingerprint density at radius 2 is 2.06 bits per heavy atom. The summed E-state index contributed by atoms with van der Waals surface area (Å²) in [5.74, 6) is -0.309. The standard InChI is InChI=1S/C12H11NO4/c1-8-6-10(12(14)17-8)7-9-2-4-11(5-3-9)13(15)16/h2-5,7-8H,6H2,1H3/b10-7-/t8-/m0/s1. The van der Waals surface area contributed by atoms with E-state index in [1.807, 2.05) is 6.92 Å². The number of hydrogen-bond donors (Lipinski definition) is 0. The molecule has 0 unspecified atom stereocenters. The molecule has 0 N–H and O–H groups in total. The third-order valence-electron chi connectivity index (χ3n) is 2.52. The van der Waals surface area contributed by atoms with Gasteiger partial charge in [0.15, 0.2) is 0 Å². The van der Waals surface area contributed by atoms with Crippen molar-refractivity contribution in [3.05, 3.63) is 45.5 Å². The van der Waals surface area contributed by atoms with Crippen LogP contribution in [-0.2, 0) is 9.53 Å². The summed E-state index contributed by atoms with van der Waals surface area (Å²) in [7, 11) is 0. The Morgan fingerprint density at radius 1 is 1.41 bits per heavy atom. The van der Waals surface area contributed by atoms with E-state index in [1.54, 1.807) is 18.2 Å². The van der Waals surface area contributed by atoms with Crippen LogP contribution in [0.2, 0.25) is 0 Å². The summed E-state index contributed by atoms with van der Waals surface area (Å²) in [6, 6.07) is 6.05. The molecule has 2 rings (SSSR count). The van der Waals surface area contributed by atoms with Crippen LogP contribution in [0.15, 0.2) is 29.8 Å². The average molecular weight is 233 g/mol. The second kappa shape index (κ2) is 4.37. The fourth-order valence-electron chi connectivity index (χ4n) is 1.70. The lowest BCUT2D eigenvalue weighted by Gasteiger charge is -1.95. The van der Waals surface area contributed by atoms with Gasteiger partial charge in [-0.05, 0) is 30.7 Å². The molecule has 5 heteroatoms. The number of ether oxygens (including phenoxy) is 1. The van der Waals surface area contributed by atoms with Gasteiger partial charge >= 0.3 is 5.97 Å². The lowest BCUT2D eigenvalue weighted by molar-refractivity contribution is -0.384. The molecule has 17 heavy (non-hydrogen) atoms. The highest BCUT2D eigenvalue weighted by Gasteiger charge is 2.25. The number of rotatable bonds is 2. The molecule has 0 bridgehead atoms. The Kier molecular flexibility index (Phi) is 2.91. The van der Waals surface area contributed by atoms with Crippen molar-refractivity contribution in [2.24, 2.45) is 0 Å². The molecule has 1 aliphatic heterocycles. The van der Waals surface area contributed by atoms with Crippen molar-refractivity contribution in [1.29, 1.82) is 0 Å². The first-order valence-corrected chi connectivity index (χ1v) is 5.22. The molecule has 0 spiro atoms. The van der Waals surface area contributed by atoms with Gasteiger partial charge in [-0.25, -0.2) is 4.79 Å². The number of carbonyl (C=O) groups is 1. The smallest absolute Gasteiger partial charge is 0.334 e. The zero-order valence-electron chi connectivity index (χ0n) is 9.25. The van der Waals surface area contributed by atoms with E-state index in [0.29, 0.717) is 12.0 Å². The Balaban J connectivity index is 2.21. The van der Waals surface area contributed by atoms with Gasteiger partial charge in [-0.2, -0.15) is 0 Å². The number of non-ortho nitro benzene ring substituents is 1. The van der Waals surface area contributed by atoms with Gasteiger partial charge in [-0.1, -0.05) is 0 Å². The van der Waals surface area contributed by atoms with Gasteiger partial charge in [-0.3, -0.25) is 10.1 Å². The molecule has 0 aliphatic carbocycles. The van der Waals surface area contributed by atoms with Crippen molar-refractivity contribution in [2.45, 2.75) is 19.4 Å². The third-order valence-corrected chi connectivity index (χ3v) is 2.52. The number of nitro benzene ring substituents is 1. The normalized spacial score (nSPS) is 21.6. The molecular formula is C12H11NO4. The second-order valence-electron chi connectivity index (χ2n) is 3.94. The fourth-order valence-corrected chi connectivity index (χ4v) is 1.70. The molecule has 88 valence electrons. The van der Waals surface area contributed by atoms with Crippen LogP contribution in [0.4, 0.5) is 5.69 Å². The molecule has 1 aliphatic rings. The number of nitro groups is 1. The van der Waals surface area contributed by atoms with Crippen LogP contribution in [0.5, 0.6) is 0 Å². The van der Waals surface area contributed by atoms with Gasteiger partial charge in [-0.15, -0.1) is 0 Å². The lowest BCUT2D eigenvalue weighted by Crippen LogP contribution is -1.99. The average Bonchev–Trinajstić information content (AvgIpc) is 2.58. The molecule has 1 heterocycles. The minimum atomic E-state index is -0.456. The molecule has 1 saturated heterocycles. The molecule has 1 fully saturated rings. The summed E-state index contributed by atoms with van der Waals surface area (Å²) >= 11 is 0. The minimum absolute atomic E-state index is 0.0366. The van der Waals surface area contributed by atoms with Crippen molar-refractivity contribution in [3.63, 3.8) is 0 Å². The van der Waals surface area contributed by atoms with Crippen LogP contribution in [0.25, 0.3) is 6.08 Å². The fraction of sp³-hybridized carbons (Fsp3) is 0.250. The summed E-state index contributed by atoms with van der Waals surface area (Å²) in [6.45, 7) is 1.83. The quantitative estimate of drug-likeness (QED) is 0.340. The van der Waals surface area contributed by atoms with Crippen molar-refractivity contribution >= 4 is 17.7 Å². The van der Waals surface area contributed by atoms with Gasteiger partial charge in [0.05, 0.1) is 4.92 Å². The Hall–Kier alpha value is -2.17. The van der Waals surface area contributed by atoms with E-state index in [2.05, 4.69) is 0 Å². The summed E-state index contributed by atoms with van der Waals surface area (Å²) in [5, 5.41) is 10.5. The molecule has 1 aromatic rings. The second-order valence-corrected chi connectivity index (χ2v) is 3.94. The van der Waals surface area contributed by atoms with E-state index in [9.17, 15) is 14.9 Å². The van der Waals surface area contributed by atoms with Gasteiger partial charge in [0.1, 0.15) is 6.10 Å². The Bertz CT molecular complexity index is 490. The van der Waals surface area contributed by atoms with E-state index in [1.165, 1.54) is 12.1 Å². The van der Waals surface area contributed by atoms with Crippen LogP contribution in [0, 0.1) is 10.1 Å². The number of cyclic esters (lactones) is 1. The highest BCUT2D eigenvalue weighted by Crippen LogP contribution is 2.23. The van der Waals surface area contributed by atoms with Crippen LogP contribution < -0.4 is 0 Å². The molecular weight excluding hydrogens is 222 g/mol. The first-order valence-electron chi connectivity index (χ1n) is 5.22. The van der Waals surface area contributed by atoms with E-state index in [4.69, 9.17) is 4.74 Å². The summed E-state index contributed by atoms with van der Waals surface area (Å²) in [4.78, 5) is 21.4. The van der Waals surface area contributed by atoms with Gasteiger partial charge in [0.2, 0.25) is 0 Å². The number of carbonyl (C=O) groups excluding carboxylic acids is 1. The van der Waals surface area contributed by atoms with Crippen LogP contribution >= 0.6 is 0 Å². The Morgan fingerprint density at radius 3 is 2.53 bits per heavy atom. The summed E-state index contributed by atoms with van der Waals surface area (Å²) in [6.07, 6.45) is 2.19. The molecule has 0 saturated carbocycles. The topological polar surface area (TPSA) is 69.4 Å². The number of esters is 1. The summed E-state index contributed by atoms with van der Waals surface area (Å²) < 4.78 is 4.99. The highest BCUT2D eigenvalue weighted by atomic mass is 16.6. The maximum absolute atomic E-state index is 11.4. The van der Waals surface area contributed by atoms with Crippen molar-refractivity contribution in [1.82, 2.24) is 0 Å². The van der Waals surface area contributed by atoms with Crippen molar-refractivity contribution in [2.75, 3.05) is 0 Å². The van der Waals surface area contributed by atoms with Gasteiger partial charge in [0, 0.05) is 24.1 Å². The maximum Gasteiger partial charge on any atom is 0.334 e. The monoisotopic (exact) mass is 233 g/mol. The Labute approximate surface area is 97.9 Å². The van der Waals surface area contributed by atoms with Gasteiger partial charge < -0.3 is 4.74 Å². The van der Waals surface area contributed by atoms with Crippen LogP contribution in [0.1, 0.15) is 18.9 Å². The van der Waals surface area contributed by atoms with Crippen LogP contribution in [-0.4, -0.2) is 17.0 Å². The predicted molar refractivity (Wildman–Crippen MR) is 61.2 cm³/mol. The van der Waals surface area contributed by atoms with E-state index >= 15 is 0 Å². The van der Waals surface area contributed by atoms with E-state index < -0.39 is 4.92 Å². The van der Waals surface area contributed by atoms with Crippen molar-refractivity contribution in [3.8, 4) is 0 Å². The minimum Gasteiger partial charge on any atom is -0.459 e. The molecule has 1 aromatic carbocycles. The maximum atomic E-state index is 11.4. The summed E-state index contributed by atoms with van der Waals surface area (Å²) in [5.41, 5.74) is 1.40. The highest BCUT2D eigenvalue weighted by molar-refractivity contribution is 5.95. The lowest BCUT2D eigenvalue weighted by atomic mass is 10.1. The van der Waals surface area contributed by atoms with Gasteiger partial charge in [0.25, 0.3) is 5.69 Å². The molecule has 0 aromatic heterocycles. The number of hydrogen-bond acceptors (Lipinski definition) is 4. The number of nitrogens with zero attached hydrogens (tertiary/aromatic N) is 1. The molecule has 0 amide bonds. The molecule has 1 atom stereocenters. The largest absolute Gasteiger partial charge is 0.459 e. The predicted octanol–water partition coefficient (Wildman–Crippen LogP) is 2.31. The van der Waals surface area contributed by atoms with Crippen molar-refractivity contribution < 1.29 is 14.5 Å².